The van der Waals surface area contributed by atoms with Gasteiger partial charge in [0, 0.05) is 12.0 Å². The minimum atomic E-state index is -0.615. The highest BCUT2D eigenvalue weighted by Gasteiger charge is 2.17. The second-order valence-electron chi connectivity index (χ2n) is 6.78. The van der Waals surface area contributed by atoms with E-state index in [9.17, 15) is 9.59 Å². The van der Waals surface area contributed by atoms with Gasteiger partial charge in [0.1, 0.15) is 0 Å². The quantitative estimate of drug-likeness (QED) is 0.347. The van der Waals surface area contributed by atoms with Crippen LogP contribution in [0.15, 0.2) is 36.4 Å². The van der Waals surface area contributed by atoms with Crippen molar-refractivity contribution in [2.45, 2.75) is 26.2 Å². The molecule has 0 saturated carbocycles. The van der Waals surface area contributed by atoms with Gasteiger partial charge < -0.3 is 23.7 Å². The van der Waals surface area contributed by atoms with Crippen molar-refractivity contribution in [1.82, 2.24) is 0 Å². The maximum Gasteiger partial charge on any atom is 0.338 e. The number of Topliss-reactive ketones (excluding diaryl/α,β-unsaturated/α-hetero) is 1. The van der Waals surface area contributed by atoms with Crippen molar-refractivity contribution in [2.75, 3.05) is 33.5 Å². The topological polar surface area (TPSA) is 80.3 Å². The standard InChI is InChI=1S/C23H26O7/c1-3-4-10-27-19-9-7-17(14-21(19)26-2)23(25)30-15-18(24)16-6-8-20-22(13-16)29-12-5-11-28-20/h6-9,13-14H,3-5,10-12,15H2,1-2H3. The molecule has 0 N–H and O–H groups in total. The summed E-state index contributed by atoms with van der Waals surface area (Å²) in [6, 6.07) is 9.73. The number of fused-ring (bicyclic) bond motifs is 1. The van der Waals surface area contributed by atoms with E-state index in [0.717, 1.165) is 19.3 Å². The molecule has 0 fully saturated rings. The molecule has 7 nitrogen and oxygen atoms in total. The molecule has 30 heavy (non-hydrogen) atoms. The first-order valence-corrected chi connectivity index (χ1v) is 10.0. The second-order valence-corrected chi connectivity index (χ2v) is 6.78. The van der Waals surface area contributed by atoms with Crippen LogP contribution >= 0.6 is 0 Å². The van der Waals surface area contributed by atoms with E-state index in [1.165, 1.54) is 7.11 Å². The number of ether oxygens (including phenoxy) is 5. The first kappa shape index (κ1) is 21.5. The van der Waals surface area contributed by atoms with E-state index in [1.807, 2.05) is 0 Å². The van der Waals surface area contributed by atoms with Crippen molar-refractivity contribution in [3.05, 3.63) is 47.5 Å². The van der Waals surface area contributed by atoms with Crippen LogP contribution in [0.5, 0.6) is 23.0 Å². The van der Waals surface area contributed by atoms with Gasteiger partial charge in [-0.25, -0.2) is 4.79 Å². The van der Waals surface area contributed by atoms with Crippen LogP contribution in [0.3, 0.4) is 0 Å². The largest absolute Gasteiger partial charge is 0.493 e. The highest BCUT2D eigenvalue weighted by molar-refractivity contribution is 6.00. The molecule has 0 spiro atoms. The SMILES string of the molecule is CCCCOc1ccc(C(=O)OCC(=O)c2ccc3c(c2)OCCCO3)cc1OC. The van der Waals surface area contributed by atoms with Crippen LogP contribution in [-0.2, 0) is 4.74 Å². The molecule has 0 bridgehead atoms. The fourth-order valence-corrected chi connectivity index (χ4v) is 2.87. The van der Waals surface area contributed by atoms with Gasteiger partial charge in [-0.1, -0.05) is 13.3 Å². The molecule has 1 aliphatic rings. The molecule has 1 aliphatic heterocycles. The number of ketones is 1. The molecule has 0 amide bonds. The molecule has 3 rings (SSSR count). The first-order valence-electron chi connectivity index (χ1n) is 10.0. The minimum absolute atomic E-state index is 0.279. The molecular weight excluding hydrogens is 388 g/mol. The molecule has 0 atom stereocenters. The van der Waals surface area contributed by atoms with Crippen LogP contribution in [-0.4, -0.2) is 45.3 Å². The van der Waals surface area contributed by atoms with Crippen molar-refractivity contribution >= 4 is 11.8 Å². The Kier molecular flexibility index (Phi) is 7.54. The van der Waals surface area contributed by atoms with Crippen LogP contribution < -0.4 is 18.9 Å². The Morgan fingerprint density at radius 3 is 2.50 bits per heavy atom. The number of rotatable bonds is 9. The van der Waals surface area contributed by atoms with Crippen molar-refractivity contribution < 1.29 is 33.3 Å². The number of benzene rings is 2. The number of esters is 1. The van der Waals surface area contributed by atoms with Crippen LogP contribution in [0.25, 0.3) is 0 Å². The summed E-state index contributed by atoms with van der Waals surface area (Å²) < 4.78 is 27.3. The molecule has 0 unspecified atom stereocenters. The fraction of sp³-hybridized carbons (Fsp3) is 0.391. The molecule has 0 aliphatic carbocycles. The smallest absolute Gasteiger partial charge is 0.338 e. The van der Waals surface area contributed by atoms with Gasteiger partial charge in [-0.3, -0.25) is 4.79 Å². The Morgan fingerprint density at radius 1 is 0.967 bits per heavy atom. The van der Waals surface area contributed by atoms with Gasteiger partial charge in [-0.2, -0.15) is 0 Å². The van der Waals surface area contributed by atoms with Gasteiger partial charge in [-0.15, -0.1) is 0 Å². The Bertz CT molecular complexity index is 891. The summed E-state index contributed by atoms with van der Waals surface area (Å²) in [5.41, 5.74) is 0.672. The lowest BCUT2D eigenvalue weighted by Crippen LogP contribution is -2.14. The normalized spacial score (nSPS) is 12.6. The summed E-state index contributed by atoms with van der Waals surface area (Å²) in [5, 5.41) is 0. The highest BCUT2D eigenvalue weighted by atomic mass is 16.5. The highest BCUT2D eigenvalue weighted by Crippen LogP contribution is 2.31. The van der Waals surface area contributed by atoms with Crippen molar-refractivity contribution in [1.29, 1.82) is 0 Å². The molecule has 0 aromatic heterocycles. The number of methoxy groups -OCH3 is 1. The monoisotopic (exact) mass is 414 g/mol. The number of hydrogen-bond acceptors (Lipinski definition) is 7. The van der Waals surface area contributed by atoms with Crippen molar-refractivity contribution in [2.24, 2.45) is 0 Å². The molecule has 2 aromatic carbocycles. The molecule has 160 valence electrons. The summed E-state index contributed by atoms with van der Waals surface area (Å²) in [5.74, 6) is 1.18. The van der Waals surface area contributed by atoms with E-state index in [1.54, 1.807) is 36.4 Å². The van der Waals surface area contributed by atoms with E-state index < -0.39 is 5.97 Å². The fourth-order valence-electron chi connectivity index (χ4n) is 2.87. The van der Waals surface area contributed by atoms with Gasteiger partial charge >= 0.3 is 5.97 Å². The Balaban J connectivity index is 1.61. The molecule has 0 radical (unpaired) electrons. The predicted molar refractivity (Wildman–Crippen MR) is 110 cm³/mol. The van der Waals surface area contributed by atoms with E-state index in [2.05, 4.69) is 6.92 Å². The zero-order valence-electron chi connectivity index (χ0n) is 17.3. The van der Waals surface area contributed by atoms with E-state index in [4.69, 9.17) is 23.7 Å². The predicted octanol–water partition coefficient (Wildman–Crippen LogP) is 4.08. The lowest BCUT2D eigenvalue weighted by Gasteiger charge is -2.12. The number of unbranched alkanes of at least 4 members (excludes halogenated alkanes) is 1. The lowest BCUT2D eigenvalue weighted by molar-refractivity contribution is 0.0474. The summed E-state index contributed by atoms with van der Waals surface area (Å²) in [6.07, 6.45) is 2.72. The Labute approximate surface area is 175 Å². The zero-order valence-corrected chi connectivity index (χ0v) is 17.3. The third kappa shape index (κ3) is 5.43. The van der Waals surface area contributed by atoms with Crippen molar-refractivity contribution in [3.8, 4) is 23.0 Å². The van der Waals surface area contributed by atoms with Gasteiger partial charge in [0.25, 0.3) is 0 Å². The average molecular weight is 414 g/mol. The summed E-state index contributed by atoms with van der Waals surface area (Å²) in [7, 11) is 1.50. The summed E-state index contributed by atoms with van der Waals surface area (Å²) in [6.45, 7) is 3.37. The first-order chi connectivity index (χ1) is 14.6. The number of carbonyl (C=O) groups is 2. The minimum Gasteiger partial charge on any atom is -0.493 e. The van der Waals surface area contributed by atoms with Gasteiger partial charge in [0.2, 0.25) is 0 Å². The van der Waals surface area contributed by atoms with Crippen LogP contribution in [0.4, 0.5) is 0 Å². The number of hydrogen-bond donors (Lipinski definition) is 0. The molecule has 0 saturated heterocycles. The lowest BCUT2D eigenvalue weighted by atomic mass is 10.1. The Hall–Kier alpha value is -3.22. The Morgan fingerprint density at radius 2 is 1.73 bits per heavy atom. The third-order valence-corrected chi connectivity index (χ3v) is 4.56. The summed E-state index contributed by atoms with van der Waals surface area (Å²) >= 11 is 0. The maximum atomic E-state index is 12.5. The van der Waals surface area contributed by atoms with Crippen LogP contribution in [0.2, 0.25) is 0 Å². The average Bonchev–Trinajstić information content (AvgIpc) is 3.02. The maximum absolute atomic E-state index is 12.5. The summed E-state index contributed by atoms with van der Waals surface area (Å²) in [4.78, 5) is 24.8. The van der Waals surface area contributed by atoms with Gasteiger partial charge in [0.05, 0.1) is 32.5 Å². The zero-order chi connectivity index (χ0) is 21.3. The van der Waals surface area contributed by atoms with Gasteiger partial charge in [0.15, 0.2) is 35.4 Å². The number of carbonyl (C=O) groups excluding carboxylic acids is 2. The van der Waals surface area contributed by atoms with E-state index >= 15 is 0 Å². The molecular formula is C23H26O7. The van der Waals surface area contributed by atoms with Gasteiger partial charge in [-0.05, 0) is 42.8 Å². The molecule has 7 heteroatoms. The van der Waals surface area contributed by atoms with E-state index in [0.29, 0.717) is 48.4 Å². The van der Waals surface area contributed by atoms with E-state index in [-0.39, 0.29) is 18.0 Å². The van der Waals surface area contributed by atoms with Crippen molar-refractivity contribution in [3.63, 3.8) is 0 Å². The van der Waals surface area contributed by atoms with Crippen LogP contribution in [0.1, 0.15) is 46.9 Å². The molecule has 2 aromatic rings. The second kappa shape index (κ2) is 10.5. The van der Waals surface area contributed by atoms with Crippen LogP contribution in [0, 0.1) is 0 Å². The molecule has 1 heterocycles. The third-order valence-electron chi connectivity index (χ3n) is 4.56.